The number of nitrogens with zero attached hydrogens (tertiary/aromatic N) is 1. The lowest BCUT2D eigenvalue weighted by Crippen LogP contribution is -2.07. The molecule has 2 aromatic rings. The average Bonchev–Trinajstić information content (AvgIpc) is 2.54. The van der Waals surface area contributed by atoms with Gasteiger partial charge in [-0.05, 0) is 25.1 Å². The molecule has 0 amide bonds. The molecule has 2 aromatic carbocycles. The van der Waals surface area contributed by atoms with Crippen LogP contribution in [0.2, 0.25) is 0 Å². The zero-order chi connectivity index (χ0) is 16.1. The van der Waals surface area contributed by atoms with Crippen LogP contribution in [0.3, 0.4) is 0 Å². The molecule has 0 bridgehead atoms. The van der Waals surface area contributed by atoms with Gasteiger partial charge in [-0.15, -0.1) is 0 Å². The molecule has 110 valence electrons. The van der Waals surface area contributed by atoms with Crippen molar-refractivity contribution >= 4 is 12.3 Å². The summed E-state index contributed by atoms with van der Waals surface area (Å²) in [7, 11) is 0. The molecular formula is C17H13NO4. The number of carbonyl (C=O) groups is 2. The van der Waals surface area contributed by atoms with E-state index in [-0.39, 0.29) is 22.3 Å². The standard InChI is InChI=1S/C17H13NO4/c1-2-22-14-6-4-3-5-13(14)15-12(10-19)8-7-11(9-18)16(15)17(20)21/h3-8,10H,2H2,1H3,(H,20,21). The Bertz CT molecular complexity index is 775. The van der Waals surface area contributed by atoms with Crippen LogP contribution < -0.4 is 4.74 Å². The average molecular weight is 295 g/mol. The van der Waals surface area contributed by atoms with Crippen LogP contribution in [-0.4, -0.2) is 24.0 Å². The van der Waals surface area contributed by atoms with Crippen molar-refractivity contribution in [3.05, 3.63) is 53.1 Å². The van der Waals surface area contributed by atoms with Crippen LogP contribution in [-0.2, 0) is 0 Å². The second-order valence-corrected chi connectivity index (χ2v) is 4.42. The molecule has 0 spiro atoms. The van der Waals surface area contributed by atoms with Crippen molar-refractivity contribution in [1.82, 2.24) is 0 Å². The number of nitriles is 1. The smallest absolute Gasteiger partial charge is 0.337 e. The van der Waals surface area contributed by atoms with Gasteiger partial charge < -0.3 is 9.84 Å². The summed E-state index contributed by atoms with van der Waals surface area (Å²) >= 11 is 0. The number of aldehydes is 1. The number of benzene rings is 2. The minimum Gasteiger partial charge on any atom is -0.493 e. The molecule has 5 heteroatoms. The van der Waals surface area contributed by atoms with Crippen LogP contribution in [0.4, 0.5) is 0 Å². The summed E-state index contributed by atoms with van der Waals surface area (Å²) in [5, 5.41) is 18.6. The number of para-hydroxylation sites is 1. The molecule has 0 aliphatic carbocycles. The lowest BCUT2D eigenvalue weighted by molar-refractivity contribution is 0.0697. The minimum atomic E-state index is -1.26. The maximum Gasteiger partial charge on any atom is 0.337 e. The monoisotopic (exact) mass is 295 g/mol. The summed E-state index contributed by atoms with van der Waals surface area (Å²) in [4.78, 5) is 22.9. The Morgan fingerprint density at radius 1 is 1.32 bits per heavy atom. The summed E-state index contributed by atoms with van der Waals surface area (Å²) in [5.41, 5.74) is 0.675. The van der Waals surface area contributed by atoms with Gasteiger partial charge in [0.25, 0.3) is 0 Å². The van der Waals surface area contributed by atoms with E-state index < -0.39 is 5.97 Å². The van der Waals surface area contributed by atoms with E-state index in [1.807, 2.05) is 6.07 Å². The molecule has 0 aliphatic heterocycles. The molecule has 2 rings (SSSR count). The Kier molecular flexibility index (Phi) is 4.54. The molecule has 0 fully saturated rings. The molecule has 0 aromatic heterocycles. The molecule has 0 atom stereocenters. The fourth-order valence-corrected chi connectivity index (χ4v) is 2.28. The number of ether oxygens (including phenoxy) is 1. The highest BCUT2D eigenvalue weighted by molar-refractivity contribution is 6.04. The SMILES string of the molecule is CCOc1ccccc1-c1c(C=O)ccc(C#N)c1C(=O)O. The molecule has 0 unspecified atom stereocenters. The summed E-state index contributed by atoms with van der Waals surface area (Å²) in [5.74, 6) is -0.799. The third-order valence-electron chi connectivity index (χ3n) is 3.16. The normalized spacial score (nSPS) is 9.82. The van der Waals surface area contributed by atoms with Gasteiger partial charge in [0.2, 0.25) is 0 Å². The van der Waals surface area contributed by atoms with Crippen LogP contribution in [0.25, 0.3) is 11.1 Å². The van der Waals surface area contributed by atoms with Gasteiger partial charge in [-0.1, -0.05) is 18.2 Å². The summed E-state index contributed by atoms with van der Waals surface area (Å²) in [6, 6.07) is 11.5. The maximum atomic E-state index is 11.6. The van der Waals surface area contributed by atoms with Crippen molar-refractivity contribution in [2.75, 3.05) is 6.61 Å². The fourth-order valence-electron chi connectivity index (χ4n) is 2.28. The number of carboxylic acids is 1. The first-order valence-electron chi connectivity index (χ1n) is 6.61. The predicted octanol–water partition coefficient (Wildman–Crippen LogP) is 3.13. The molecule has 0 saturated heterocycles. The molecule has 1 N–H and O–H groups in total. The van der Waals surface area contributed by atoms with Crippen LogP contribution >= 0.6 is 0 Å². The van der Waals surface area contributed by atoms with Gasteiger partial charge in [0.15, 0.2) is 6.29 Å². The highest BCUT2D eigenvalue weighted by Gasteiger charge is 2.22. The highest BCUT2D eigenvalue weighted by atomic mass is 16.5. The minimum absolute atomic E-state index is 0.000554. The van der Waals surface area contributed by atoms with Crippen LogP contribution in [0.1, 0.15) is 33.2 Å². The molecule has 0 saturated carbocycles. The zero-order valence-corrected chi connectivity index (χ0v) is 11.9. The zero-order valence-electron chi connectivity index (χ0n) is 11.9. The van der Waals surface area contributed by atoms with Crippen LogP contribution in [0.15, 0.2) is 36.4 Å². The van der Waals surface area contributed by atoms with E-state index >= 15 is 0 Å². The van der Waals surface area contributed by atoms with Crippen molar-refractivity contribution in [2.24, 2.45) is 0 Å². The first-order chi connectivity index (χ1) is 10.6. The molecule has 0 radical (unpaired) electrons. The molecule has 0 aliphatic rings. The first kappa shape index (κ1) is 15.3. The van der Waals surface area contributed by atoms with E-state index in [0.29, 0.717) is 24.2 Å². The summed E-state index contributed by atoms with van der Waals surface area (Å²) in [6.45, 7) is 2.20. The topological polar surface area (TPSA) is 87.4 Å². The molecular weight excluding hydrogens is 282 g/mol. The molecule has 5 nitrogen and oxygen atoms in total. The third kappa shape index (κ3) is 2.67. The first-order valence-corrected chi connectivity index (χ1v) is 6.61. The van der Waals surface area contributed by atoms with Gasteiger partial charge in [-0.2, -0.15) is 5.26 Å². The summed E-state index contributed by atoms with van der Waals surface area (Å²) < 4.78 is 5.51. The van der Waals surface area contributed by atoms with E-state index in [1.165, 1.54) is 12.1 Å². The number of hydrogen-bond acceptors (Lipinski definition) is 4. The predicted molar refractivity (Wildman–Crippen MR) is 80.1 cm³/mol. The Morgan fingerprint density at radius 2 is 2.05 bits per heavy atom. The Balaban J connectivity index is 2.87. The highest BCUT2D eigenvalue weighted by Crippen LogP contribution is 2.36. The summed E-state index contributed by atoms with van der Waals surface area (Å²) in [6.07, 6.45) is 0.575. The number of carbonyl (C=O) groups excluding carboxylic acids is 1. The van der Waals surface area contributed by atoms with Crippen molar-refractivity contribution in [3.63, 3.8) is 0 Å². The van der Waals surface area contributed by atoms with Crippen molar-refractivity contribution < 1.29 is 19.4 Å². The largest absolute Gasteiger partial charge is 0.493 e. The second-order valence-electron chi connectivity index (χ2n) is 4.42. The van der Waals surface area contributed by atoms with Crippen LogP contribution in [0, 0.1) is 11.3 Å². The van der Waals surface area contributed by atoms with Gasteiger partial charge in [-0.3, -0.25) is 4.79 Å². The van der Waals surface area contributed by atoms with Crippen molar-refractivity contribution in [1.29, 1.82) is 5.26 Å². The van der Waals surface area contributed by atoms with E-state index in [1.54, 1.807) is 31.2 Å². The van der Waals surface area contributed by atoms with Gasteiger partial charge in [-0.25, -0.2) is 4.79 Å². The molecule has 22 heavy (non-hydrogen) atoms. The number of rotatable bonds is 5. The number of hydrogen-bond donors (Lipinski definition) is 1. The Hall–Kier alpha value is -3.13. The van der Waals surface area contributed by atoms with Gasteiger partial charge in [0, 0.05) is 16.7 Å². The Labute approximate surface area is 127 Å². The quantitative estimate of drug-likeness (QED) is 0.856. The van der Waals surface area contributed by atoms with E-state index in [2.05, 4.69) is 0 Å². The van der Waals surface area contributed by atoms with Crippen LogP contribution in [0.5, 0.6) is 5.75 Å². The number of aromatic carboxylic acids is 1. The Morgan fingerprint density at radius 3 is 2.64 bits per heavy atom. The van der Waals surface area contributed by atoms with Gasteiger partial charge in [0.05, 0.1) is 17.7 Å². The van der Waals surface area contributed by atoms with E-state index in [4.69, 9.17) is 10.00 Å². The fraction of sp³-hybridized carbons (Fsp3) is 0.118. The van der Waals surface area contributed by atoms with Crippen molar-refractivity contribution in [2.45, 2.75) is 6.92 Å². The van der Waals surface area contributed by atoms with E-state index in [0.717, 1.165) is 0 Å². The maximum absolute atomic E-state index is 11.6. The van der Waals surface area contributed by atoms with Gasteiger partial charge in [0.1, 0.15) is 11.8 Å². The van der Waals surface area contributed by atoms with Gasteiger partial charge >= 0.3 is 5.97 Å². The molecule has 0 heterocycles. The second kappa shape index (κ2) is 6.55. The third-order valence-corrected chi connectivity index (χ3v) is 3.16. The lowest BCUT2D eigenvalue weighted by Gasteiger charge is -2.15. The van der Waals surface area contributed by atoms with Crippen molar-refractivity contribution in [3.8, 4) is 22.9 Å². The van der Waals surface area contributed by atoms with E-state index in [9.17, 15) is 14.7 Å². The lowest BCUT2D eigenvalue weighted by atomic mass is 9.91. The number of carboxylic acid groups (broad SMARTS) is 1.